The highest BCUT2D eigenvalue weighted by molar-refractivity contribution is 9.10. The lowest BCUT2D eigenvalue weighted by Gasteiger charge is -2.08. The fraction of sp³-hybridized carbons (Fsp3) is 0.250. The topological polar surface area (TPSA) is 61.5 Å². The number of hydrogen-bond acceptors (Lipinski definition) is 4. The second-order valence-corrected chi connectivity index (χ2v) is 4.04. The van der Waals surface area contributed by atoms with Crippen molar-refractivity contribution in [3.63, 3.8) is 0 Å². The lowest BCUT2D eigenvalue weighted by atomic mass is 10.1. The van der Waals surface area contributed by atoms with Crippen LogP contribution in [0.4, 0.5) is 0 Å². The number of halogens is 1. The van der Waals surface area contributed by atoms with E-state index in [1.807, 2.05) is 12.1 Å². The van der Waals surface area contributed by atoms with E-state index in [0.29, 0.717) is 17.9 Å². The molecule has 4 nitrogen and oxygen atoms in total. The smallest absolute Gasteiger partial charge is 0.354 e. The highest BCUT2D eigenvalue weighted by atomic mass is 79.9. The Morgan fingerprint density at radius 1 is 1.53 bits per heavy atom. The molecule has 0 aliphatic carbocycles. The van der Waals surface area contributed by atoms with Gasteiger partial charge in [-0.3, -0.25) is 0 Å². The fourth-order valence-electron chi connectivity index (χ4n) is 1.30. The first kappa shape index (κ1) is 13.6. The second kappa shape index (κ2) is 6.30. The summed E-state index contributed by atoms with van der Waals surface area (Å²) in [5.74, 6) is 0.0919. The monoisotopic (exact) mass is 299 g/mol. The summed E-state index contributed by atoms with van der Waals surface area (Å²) >= 11 is 3.35. The van der Waals surface area contributed by atoms with Crippen molar-refractivity contribution in [2.24, 2.45) is 5.73 Å². The molecule has 2 N–H and O–H groups in total. The van der Waals surface area contributed by atoms with Gasteiger partial charge in [0.15, 0.2) is 0 Å². The van der Waals surface area contributed by atoms with Crippen molar-refractivity contribution in [2.75, 3.05) is 13.7 Å². The highest BCUT2D eigenvalue weighted by Gasteiger charge is 2.09. The summed E-state index contributed by atoms with van der Waals surface area (Å²) < 4.78 is 10.8. The third-order valence-corrected chi connectivity index (χ3v) is 2.65. The highest BCUT2D eigenvalue weighted by Crippen LogP contribution is 2.29. The van der Waals surface area contributed by atoms with Crippen LogP contribution in [-0.2, 0) is 9.53 Å². The van der Waals surface area contributed by atoms with Gasteiger partial charge in [-0.1, -0.05) is 12.1 Å². The fourth-order valence-corrected chi connectivity index (χ4v) is 1.84. The average Bonchev–Trinajstić information content (AvgIpc) is 2.29. The van der Waals surface area contributed by atoms with Gasteiger partial charge in [0.25, 0.3) is 0 Å². The van der Waals surface area contributed by atoms with Gasteiger partial charge in [-0.15, -0.1) is 0 Å². The van der Waals surface area contributed by atoms with Crippen molar-refractivity contribution >= 4 is 28.0 Å². The van der Waals surface area contributed by atoms with Gasteiger partial charge in [0.05, 0.1) is 18.2 Å². The van der Waals surface area contributed by atoms with Crippen molar-refractivity contribution in [2.45, 2.75) is 6.92 Å². The average molecular weight is 300 g/mol. The minimum Gasteiger partial charge on any atom is -0.495 e. The maximum atomic E-state index is 11.4. The van der Waals surface area contributed by atoms with E-state index in [-0.39, 0.29) is 5.70 Å². The van der Waals surface area contributed by atoms with E-state index >= 15 is 0 Å². The Balaban J connectivity index is 3.05. The van der Waals surface area contributed by atoms with Gasteiger partial charge >= 0.3 is 5.97 Å². The lowest BCUT2D eigenvalue weighted by molar-refractivity contribution is -0.138. The molecule has 0 fully saturated rings. The lowest BCUT2D eigenvalue weighted by Crippen LogP contribution is -2.14. The molecule has 0 saturated heterocycles. The molecule has 0 atom stereocenters. The molecular weight excluding hydrogens is 286 g/mol. The van der Waals surface area contributed by atoms with Crippen LogP contribution in [0.15, 0.2) is 28.4 Å². The normalized spacial score (nSPS) is 11.1. The molecule has 0 saturated carbocycles. The quantitative estimate of drug-likeness (QED) is 0.685. The number of esters is 1. The number of para-hydroxylation sites is 1. The van der Waals surface area contributed by atoms with Crippen LogP contribution in [0.3, 0.4) is 0 Å². The Morgan fingerprint density at radius 3 is 2.82 bits per heavy atom. The minimum absolute atomic E-state index is 0.0447. The molecule has 1 aromatic carbocycles. The first-order chi connectivity index (χ1) is 8.10. The Kier molecular flexibility index (Phi) is 5.03. The molecule has 0 heterocycles. The van der Waals surface area contributed by atoms with Crippen LogP contribution in [0.2, 0.25) is 0 Å². The first-order valence-electron chi connectivity index (χ1n) is 5.07. The molecular formula is C12H14BrNO3. The van der Waals surface area contributed by atoms with Gasteiger partial charge in [-0.05, 0) is 35.0 Å². The van der Waals surface area contributed by atoms with E-state index in [1.165, 1.54) is 6.08 Å². The number of benzene rings is 1. The van der Waals surface area contributed by atoms with Gasteiger partial charge in [0.2, 0.25) is 0 Å². The Bertz CT molecular complexity index is 443. The van der Waals surface area contributed by atoms with E-state index in [4.69, 9.17) is 15.2 Å². The van der Waals surface area contributed by atoms with E-state index < -0.39 is 5.97 Å². The van der Waals surface area contributed by atoms with E-state index in [9.17, 15) is 4.79 Å². The molecule has 0 aliphatic heterocycles. The first-order valence-corrected chi connectivity index (χ1v) is 5.86. The minimum atomic E-state index is -0.533. The molecule has 17 heavy (non-hydrogen) atoms. The van der Waals surface area contributed by atoms with Crippen LogP contribution in [0.25, 0.3) is 6.08 Å². The predicted octanol–water partition coefficient (Wildman–Crippen LogP) is 2.32. The molecule has 0 unspecified atom stereocenters. The third-order valence-electron chi connectivity index (χ3n) is 2.02. The zero-order chi connectivity index (χ0) is 12.8. The number of nitrogens with two attached hydrogens (primary N) is 1. The van der Waals surface area contributed by atoms with Gasteiger partial charge in [0.1, 0.15) is 11.4 Å². The van der Waals surface area contributed by atoms with Crippen LogP contribution in [0.1, 0.15) is 12.5 Å². The van der Waals surface area contributed by atoms with Crippen LogP contribution in [-0.4, -0.2) is 19.7 Å². The molecule has 0 spiro atoms. The zero-order valence-corrected chi connectivity index (χ0v) is 11.3. The van der Waals surface area contributed by atoms with Crippen LogP contribution >= 0.6 is 15.9 Å². The van der Waals surface area contributed by atoms with Gasteiger partial charge < -0.3 is 15.2 Å². The summed E-state index contributed by atoms with van der Waals surface area (Å²) in [7, 11) is 1.55. The summed E-state index contributed by atoms with van der Waals surface area (Å²) in [4.78, 5) is 11.4. The Morgan fingerprint density at radius 2 is 2.24 bits per heavy atom. The number of rotatable bonds is 4. The number of methoxy groups -OCH3 is 1. The van der Waals surface area contributed by atoms with Crippen molar-refractivity contribution < 1.29 is 14.3 Å². The van der Waals surface area contributed by atoms with Crippen LogP contribution in [0, 0.1) is 0 Å². The molecule has 0 aliphatic rings. The number of carbonyl (C=O) groups is 1. The molecule has 5 heteroatoms. The molecule has 92 valence electrons. The number of carbonyl (C=O) groups excluding carboxylic acids is 1. The third kappa shape index (κ3) is 3.49. The van der Waals surface area contributed by atoms with Crippen molar-refractivity contribution in [3.8, 4) is 5.75 Å². The van der Waals surface area contributed by atoms with Gasteiger partial charge in [-0.25, -0.2) is 4.79 Å². The maximum Gasteiger partial charge on any atom is 0.354 e. The van der Waals surface area contributed by atoms with Crippen LogP contribution < -0.4 is 10.5 Å². The maximum absolute atomic E-state index is 11.4. The molecule has 0 bridgehead atoms. The predicted molar refractivity (Wildman–Crippen MR) is 69.5 cm³/mol. The Hall–Kier alpha value is -1.49. The van der Waals surface area contributed by atoms with E-state index in [0.717, 1.165) is 4.47 Å². The largest absolute Gasteiger partial charge is 0.495 e. The summed E-state index contributed by atoms with van der Waals surface area (Å²) in [6.45, 7) is 2.02. The van der Waals surface area contributed by atoms with Crippen LogP contribution in [0.5, 0.6) is 5.75 Å². The van der Waals surface area contributed by atoms with E-state index in [1.54, 1.807) is 20.1 Å². The molecule has 1 aromatic rings. The van der Waals surface area contributed by atoms with Gasteiger partial charge in [-0.2, -0.15) is 0 Å². The Labute approximate surface area is 109 Å². The molecule has 0 aromatic heterocycles. The second-order valence-electron chi connectivity index (χ2n) is 3.18. The summed E-state index contributed by atoms with van der Waals surface area (Å²) in [6, 6.07) is 5.48. The van der Waals surface area contributed by atoms with E-state index in [2.05, 4.69) is 15.9 Å². The number of ether oxygens (including phenoxy) is 2. The standard InChI is InChI=1S/C12H14BrNO3/c1-3-17-12(15)10(14)7-8-5-4-6-9(13)11(8)16-2/h4-7H,3,14H2,1-2H3/b10-7-. The van der Waals surface area contributed by atoms with Gasteiger partial charge in [0, 0.05) is 5.56 Å². The summed E-state index contributed by atoms with van der Waals surface area (Å²) in [6.07, 6.45) is 1.53. The van der Waals surface area contributed by atoms with Crippen molar-refractivity contribution in [3.05, 3.63) is 33.9 Å². The SMILES string of the molecule is CCOC(=O)/C(N)=C/c1cccc(Br)c1OC. The molecule has 0 radical (unpaired) electrons. The summed E-state index contributed by atoms with van der Waals surface area (Å²) in [5, 5.41) is 0. The summed E-state index contributed by atoms with van der Waals surface area (Å²) in [5.41, 5.74) is 6.38. The molecule has 1 rings (SSSR count). The zero-order valence-electron chi connectivity index (χ0n) is 9.70. The van der Waals surface area contributed by atoms with Crippen molar-refractivity contribution in [1.82, 2.24) is 0 Å². The van der Waals surface area contributed by atoms with Crippen molar-refractivity contribution in [1.29, 1.82) is 0 Å². The molecule has 0 amide bonds. The number of hydrogen-bond donors (Lipinski definition) is 1.